The van der Waals surface area contributed by atoms with E-state index in [0.717, 1.165) is 0 Å². The van der Waals surface area contributed by atoms with Gasteiger partial charge in [-0.2, -0.15) is 0 Å². The minimum Gasteiger partial charge on any atom is -0.625 e. The van der Waals surface area contributed by atoms with Gasteiger partial charge in [0.25, 0.3) is 0 Å². The van der Waals surface area contributed by atoms with Crippen LogP contribution in [-0.4, -0.2) is 67.9 Å². The van der Waals surface area contributed by atoms with E-state index in [1.54, 1.807) is 0 Å². The summed E-state index contributed by atoms with van der Waals surface area (Å²) in [5, 5.41) is 39.2. The molecule has 0 bridgehead atoms. The van der Waals surface area contributed by atoms with Gasteiger partial charge in [-0.05, 0) is 12.1 Å². The molecule has 0 amide bonds. The Hall–Kier alpha value is -0.978. The van der Waals surface area contributed by atoms with Crippen molar-refractivity contribution < 1.29 is 33.7 Å². The van der Waals surface area contributed by atoms with Crippen LogP contribution in [0.3, 0.4) is 0 Å². The van der Waals surface area contributed by atoms with Gasteiger partial charge in [0.1, 0.15) is 18.3 Å². The summed E-state index contributed by atoms with van der Waals surface area (Å²) in [5.41, 5.74) is 0.398. The van der Waals surface area contributed by atoms with Crippen molar-refractivity contribution >= 4 is 22.6 Å². The van der Waals surface area contributed by atoms with Crippen molar-refractivity contribution in [2.45, 2.75) is 24.1 Å². The Morgan fingerprint density at radius 1 is 1.30 bits per heavy atom. The van der Waals surface area contributed by atoms with Gasteiger partial charge in [0.2, 0.25) is 5.79 Å². The van der Waals surface area contributed by atoms with Gasteiger partial charge in [0.05, 0.1) is 12.2 Å². The molecule has 1 fully saturated rings. The minimum absolute atomic E-state index is 0.149. The Balaban J connectivity index is 2.28. The highest BCUT2D eigenvalue weighted by Crippen LogP contribution is 2.33. The highest BCUT2D eigenvalue weighted by molar-refractivity contribution is 6.09. The highest BCUT2D eigenvalue weighted by Gasteiger charge is 2.49. The van der Waals surface area contributed by atoms with Crippen molar-refractivity contribution in [3.63, 3.8) is 0 Å². The third-order valence-electron chi connectivity index (χ3n) is 3.23. The number of hydrogen-bond acceptors (Lipinski definition) is 7. The minimum atomic E-state index is -2.15. The second-order valence-electron chi connectivity index (χ2n) is 4.49. The average Bonchev–Trinajstić information content (AvgIpc) is 2.48. The molecule has 0 spiro atoms. The van der Waals surface area contributed by atoms with Crippen molar-refractivity contribution in [1.82, 2.24) is 0 Å². The Bertz CT molecular complexity index is 491. The SMILES string of the molecule is O=C([O][Al])c1ccc([C@]2(O)OC[C@@H](O)[C@H](O)[C@H]2O)cc1. The van der Waals surface area contributed by atoms with Crippen molar-refractivity contribution in [2.24, 2.45) is 0 Å². The molecule has 1 aromatic rings. The van der Waals surface area contributed by atoms with Gasteiger partial charge in [-0.3, -0.25) is 0 Å². The highest BCUT2D eigenvalue weighted by atomic mass is 27.1. The Morgan fingerprint density at radius 3 is 2.45 bits per heavy atom. The van der Waals surface area contributed by atoms with E-state index < -0.39 is 30.1 Å². The van der Waals surface area contributed by atoms with Crippen LogP contribution in [0.2, 0.25) is 0 Å². The van der Waals surface area contributed by atoms with E-state index in [-0.39, 0.29) is 17.7 Å². The zero-order chi connectivity index (χ0) is 14.9. The van der Waals surface area contributed by atoms with Crippen LogP contribution >= 0.6 is 0 Å². The standard InChI is InChI=1S/C12H14O7.Al/c13-8-5-19-12(18,10(15)9(8)14)7-3-1-6(2-4-7)11(16)17;/h1-4,8-10,13-15,18H,5H2,(H,16,17);/q;+1/p-1/t8-,9+,10-,12+;/m1./s1. The molecule has 0 unspecified atom stereocenters. The topological polar surface area (TPSA) is 116 Å². The molecule has 8 heteroatoms. The number of ether oxygens (including phenoxy) is 1. The summed E-state index contributed by atoms with van der Waals surface area (Å²) >= 11 is 1.83. The molecule has 1 aliphatic rings. The van der Waals surface area contributed by atoms with Crippen LogP contribution in [0.1, 0.15) is 15.9 Å². The summed E-state index contributed by atoms with van der Waals surface area (Å²) in [5.74, 6) is -2.73. The molecule has 20 heavy (non-hydrogen) atoms. The van der Waals surface area contributed by atoms with Gasteiger partial charge in [0.15, 0.2) is 0 Å². The normalized spacial score (nSPS) is 33.7. The largest absolute Gasteiger partial charge is 0.625 e. The summed E-state index contributed by atoms with van der Waals surface area (Å²) in [6.45, 7) is -0.329. The van der Waals surface area contributed by atoms with E-state index in [9.17, 15) is 25.2 Å². The van der Waals surface area contributed by atoms with E-state index in [1.807, 2.05) is 16.6 Å². The molecule has 4 atom stereocenters. The quantitative estimate of drug-likeness (QED) is 0.475. The second kappa shape index (κ2) is 5.79. The number of aliphatic hydroxyl groups is 4. The average molecular weight is 296 g/mol. The van der Waals surface area contributed by atoms with Crippen molar-refractivity contribution in [1.29, 1.82) is 0 Å². The van der Waals surface area contributed by atoms with Crippen LogP contribution in [-0.2, 0) is 14.3 Å². The number of carbonyl (C=O) groups is 1. The molecule has 4 N–H and O–H groups in total. The maximum atomic E-state index is 11.3. The Kier molecular flexibility index (Phi) is 4.46. The first kappa shape index (κ1) is 15.4. The molecule has 1 aliphatic heterocycles. The van der Waals surface area contributed by atoms with E-state index in [1.165, 1.54) is 24.3 Å². The molecular formula is C12H13AlO7. The smallest absolute Gasteiger partial charge is 0.485 e. The molecular weight excluding hydrogens is 283 g/mol. The van der Waals surface area contributed by atoms with Crippen molar-refractivity contribution in [2.75, 3.05) is 6.61 Å². The lowest BCUT2D eigenvalue weighted by molar-refractivity contribution is -0.329. The van der Waals surface area contributed by atoms with E-state index in [0.29, 0.717) is 0 Å². The maximum Gasteiger partial charge on any atom is 0.485 e. The Labute approximate surface area is 123 Å². The lowest BCUT2D eigenvalue weighted by Gasteiger charge is -2.41. The lowest BCUT2D eigenvalue weighted by atomic mass is 9.91. The molecule has 2 rings (SSSR count). The van der Waals surface area contributed by atoms with Crippen LogP contribution in [0, 0.1) is 0 Å². The summed E-state index contributed by atoms with van der Waals surface area (Å²) in [6.07, 6.45) is -4.53. The predicted octanol–water partition coefficient (Wildman–Crippen LogP) is -1.82. The molecule has 0 saturated carbocycles. The number of hydrogen-bond donors (Lipinski definition) is 4. The van der Waals surface area contributed by atoms with E-state index in [4.69, 9.17) is 4.74 Å². The van der Waals surface area contributed by atoms with Crippen molar-refractivity contribution in [3.05, 3.63) is 35.4 Å². The molecule has 2 radical (unpaired) electrons. The zero-order valence-corrected chi connectivity index (χ0v) is 11.5. The monoisotopic (exact) mass is 296 g/mol. The number of carbonyl (C=O) groups excluding carboxylic acids is 1. The van der Waals surface area contributed by atoms with Crippen LogP contribution in [0.25, 0.3) is 0 Å². The fourth-order valence-corrected chi connectivity index (χ4v) is 2.14. The van der Waals surface area contributed by atoms with Gasteiger partial charge >= 0.3 is 22.6 Å². The molecule has 1 heterocycles. The molecule has 7 nitrogen and oxygen atoms in total. The summed E-state index contributed by atoms with van der Waals surface area (Å²) in [4.78, 5) is 11.3. The number of benzene rings is 1. The van der Waals surface area contributed by atoms with Gasteiger partial charge in [-0.25, -0.2) is 4.79 Å². The van der Waals surface area contributed by atoms with Gasteiger partial charge in [0, 0.05) is 5.56 Å². The maximum absolute atomic E-state index is 11.3. The molecule has 0 aromatic heterocycles. The molecule has 1 saturated heterocycles. The number of aliphatic hydroxyl groups excluding tert-OH is 3. The van der Waals surface area contributed by atoms with E-state index >= 15 is 0 Å². The summed E-state index contributed by atoms with van der Waals surface area (Å²) < 4.78 is 9.51. The molecule has 0 aliphatic carbocycles. The van der Waals surface area contributed by atoms with E-state index in [2.05, 4.69) is 3.79 Å². The predicted molar refractivity (Wildman–Crippen MR) is 65.5 cm³/mol. The molecule has 106 valence electrons. The first-order valence-electron chi connectivity index (χ1n) is 5.82. The fraction of sp³-hybridized carbons (Fsp3) is 0.417. The van der Waals surface area contributed by atoms with Gasteiger partial charge in [-0.1, -0.05) is 12.1 Å². The fourth-order valence-electron chi connectivity index (χ4n) is 2.01. The summed E-state index contributed by atoms with van der Waals surface area (Å²) in [7, 11) is 0. The first-order chi connectivity index (χ1) is 9.40. The Morgan fingerprint density at radius 2 is 1.90 bits per heavy atom. The van der Waals surface area contributed by atoms with Crippen LogP contribution in [0.15, 0.2) is 24.3 Å². The van der Waals surface area contributed by atoms with Crippen LogP contribution < -0.4 is 0 Å². The van der Waals surface area contributed by atoms with Gasteiger partial charge in [-0.15, -0.1) is 0 Å². The number of rotatable bonds is 2. The second-order valence-corrected chi connectivity index (χ2v) is 4.73. The summed E-state index contributed by atoms with van der Waals surface area (Å²) in [6, 6.07) is 5.50. The first-order valence-corrected chi connectivity index (χ1v) is 6.29. The molecule has 1 aromatic carbocycles. The third-order valence-corrected chi connectivity index (χ3v) is 3.45. The lowest BCUT2D eigenvalue weighted by Crippen LogP contribution is -2.59. The third kappa shape index (κ3) is 2.60. The van der Waals surface area contributed by atoms with Crippen LogP contribution in [0.5, 0.6) is 0 Å². The zero-order valence-electron chi connectivity index (χ0n) is 10.3. The van der Waals surface area contributed by atoms with Crippen molar-refractivity contribution in [3.8, 4) is 0 Å². The van der Waals surface area contributed by atoms with Gasteiger partial charge < -0.3 is 29.0 Å². The van der Waals surface area contributed by atoms with Crippen LogP contribution in [0.4, 0.5) is 0 Å².